The second-order valence-corrected chi connectivity index (χ2v) is 14.1. The van der Waals surface area contributed by atoms with Crippen molar-refractivity contribution in [1.82, 2.24) is 19.6 Å². The van der Waals surface area contributed by atoms with E-state index in [1.165, 1.54) is 0 Å². The number of aliphatic hydroxyl groups excluding tert-OH is 1. The number of carbonyl (C=O) groups excluding carboxylic acids is 3. The van der Waals surface area contributed by atoms with Gasteiger partial charge < -0.3 is 24.5 Å². The normalized spacial score (nSPS) is 30.2. The van der Waals surface area contributed by atoms with Crippen molar-refractivity contribution in [3.05, 3.63) is 61.2 Å². The summed E-state index contributed by atoms with van der Waals surface area (Å²) >= 11 is 1.68. The van der Waals surface area contributed by atoms with Gasteiger partial charge in [0.25, 0.3) is 0 Å². The van der Waals surface area contributed by atoms with Crippen LogP contribution in [-0.4, -0.2) is 124 Å². The molecule has 1 N–H and O–H groups in total. The Morgan fingerprint density at radius 1 is 1.14 bits per heavy atom. The molecular formula is C34H48N4O5S. The first kappa shape index (κ1) is 32.7. The molecule has 4 heterocycles. The Kier molecular flexibility index (Phi) is 10.6. The van der Waals surface area contributed by atoms with Crippen molar-refractivity contribution in [2.24, 2.45) is 17.8 Å². The molecule has 4 saturated heterocycles. The molecule has 1 aromatic carbocycles. The third-order valence-corrected chi connectivity index (χ3v) is 12.2. The summed E-state index contributed by atoms with van der Waals surface area (Å²) in [6.45, 7) is 17.0. The lowest BCUT2D eigenvalue weighted by atomic mass is 9.65. The molecule has 4 aliphatic rings. The Morgan fingerprint density at radius 2 is 1.82 bits per heavy atom. The Hall–Kier alpha value is -2.66. The van der Waals surface area contributed by atoms with E-state index in [1.54, 1.807) is 33.7 Å². The van der Waals surface area contributed by atoms with Gasteiger partial charge in [-0.3, -0.25) is 19.3 Å². The van der Waals surface area contributed by atoms with Gasteiger partial charge in [0.05, 0.1) is 42.4 Å². The summed E-state index contributed by atoms with van der Waals surface area (Å²) in [4.78, 5) is 51.4. The number of likely N-dealkylation sites (tertiary alicyclic amines) is 1. The van der Waals surface area contributed by atoms with E-state index >= 15 is 0 Å². The zero-order valence-corrected chi connectivity index (χ0v) is 27.0. The van der Waals surface area contributed by atoms with Crippen LogP contribution in [0.1, 0.15) is 32.3 Å². The van der Waals surface area contributed by atoms with Crippen molar-refractivity contribution in [2.45, 2.75) is 55.3 Å². The van der Waals surface area contributed by atoms with Crippen molar-refractivity contribution in [3.63, 3.8) is 0 Å². The summed E-state index contributed by atoms with van der Waals surface area (Å²) in [5.41, 5.74) is 1.01. The van der Waals surface area contributed by atoms with Gasteiger partial charge in [0.15, 0.2) is 0 Å². The number of benzene rings is 1. The van der Waals surface area contributed by atoms with E-state index < -0.39 is 28.7 Å². The first-order valence-electron chi connectivity index (χ1n) is 16.1. The molecule has 2 bridgehead atoms. The van der Waals surface area contributed by atoms with Crippen molar-refractivity contribution in [1.29, 1.82) is 0 Å². The van der Waals surface area contributed by atoms with Crippen LogP contribution in [0.3, 0.4) is 0 Å². The minimum atomic E-state index is -0.758. The molecule has 4 aliphatic heterocycles. The Bertz CT molecular complexity index is 1210. The summed E-state index contributed by atoms with van der Waals surface area (Å²) in [6, 6.07) is 8.60. The summed E-state index contributed by atoms with van der Waals surface area (Å²) in [5.74, 6) is -1.45. The lowest BCUT2D eigenvalue weighted by Gasteiger charge is -2.42. The molecule has 1 spiro atoms. The van der Waals surface area contributed by atoms with Gasteiger partial charge in [0.1, 0.15) is 6.04 Å². The highest BCUT2D eigenvalue weighted by atomic mass is 32.2. The maximum atomic E-state index is 14.8. The van der Waals surface area contributed by atoms with Gasteiger partial charge in [-0.25, -0.2) is 0 Å². The van der Waals surface area contributed by atoms with E-state index in [9.17, 15) is 19.5 Å². The maximum Gasteiger partial charge on any atom is 0.247 e. The molecule has 10 heteroatoms. The quantitative estimate of drug-likeness (QED) is 0.318. The number of aliphatic hydroxyl groups is 1. The molecular weight excluding hydrogens is 576 g/mol. The van der Waals surface area contributed by atoms with Crippen LogP contribution in [0.2, 0.25) is 0 Å². The number of thioether (sulfide) groups is 1. The minimum Gasteiger partial charge on any atom is -0.394 e. The van der Waals surface area contributed by atoms with Crippen molar-refractivity contribution in [3.8, 4) is 0 Å². The standard InChI is InChI=1S/C34H48N4O5S/c1-5-13-36(16-15-35-17-19-43-20-18-35)33(42)30-34-24(4)21-27(44-34)28(29(34)32(41)38(30)26(7-3)23-39)31(40)37(14-6-2)22-25-11-9-8-10-12-25/h5-6,8-12,24,26-30,39H,1-2,7,13-23H2,3-4H3/t24?,26-,27-,28+,29-,30?,34?/m0/s1. The van der Waals surface area contributed by atoms with E-state index in [1.807, 2.05) is 42.2 Å². The van der Waals surface area contributed by atoms with Gasteiger partial charge in [0.2, 0.25) is 17.7 Å². The van der Waals surface area contributed by atoms with Gasteiger partial charge in [-0.1, -0.05) is 56.3 Å². The molecule has 3 amide bonds. The number of hydrogen-bond acceptors (Lipinski definition) is 7. The van der Waals surface area contributed by atoms with Crippen LogP contribution in [0.15, 0.2) is 55.6 Å². The average Bonchev–Trinajstić information content (AvgIpc) is 3.64. The van der Waals surface area contributed by atoms with E-state index in [2.05, 4.69) is 25.0 Å². The lowest BCUT2D eigenvalue weighted by molar-refractivity contribution is -0.147. The van der Waals surface area contributed by atoms with Gasteiger partial charge in [-0.05, 0) is 24.3 Å². The minimum absolute atomic E-state index is 0.0532. The second-order valence-electron chi connectivity index (χ2n) is 12.6. The third kappa shape index (κ3) is 5.86. The SMILES string of the molecule is C=CCN(CCN1CCOCC1)C(=O)C1N([C@@H](CC)CO)C(=O)[C@@H]2[C@H](C(=O)N(CC=C)Cc3ccccc3)[C@@H]3CC(C)C12S3. The van der Waals surface area contributed by atoms with Crippen molar-refractivity contribution < 1.29 is 24.2 Å². The topological polar surface area (TPSA) is 93.6 Å². The highest BCUT2D eigenvalue weighted by Crippen LogP contribution is 2.69. The smallest absolute Gasteiger partial charge is 0.247 e. The van der Waals surface area contributed by atoms with E-state index in [0.29, 0.717) is 52.4 Å². The zero-order valence-electron chi connectivity index (χ0n) is 26.2. The fourth-order valence-corrected chi connectivity index (χ4v) is 10.3. The Morgan fingerprint density at radius 3 is 2.45 bits per heavy atom. The fraction of sp³-hybridized carbons (Fsp3) is 0.618. The average molecular weight is 625 g/mol. The van der Waals surface area contributed by atoms with Gasteiger partial charge in [-0.15, -0.1) is 24.9 Å². The van der Waals surface area contributed by atoms with Crippen LogP contribution in [-0.2, 0) is 25.7 Å². The van der Waals surface area contributed by atoms with Crippen LogP contribution < -0.4 is 0 Å². The largest absolute Gasteiger partial charge is 0.394 e. The summed E-state index contributed by atoms with van der Waals surface area (Å²) in [6.07, 6.45) is 4.75. The molecule has 5 rings (SSSR count). The number of amides is 3. The lowest BCUT2D eigenvalue weighted by Crippen LogP contribution is -2.60. The predicted molar refractivity (Wildman–Crippen MR) is 173 cm³/mol. The Labute approximate surface area is 266 Å². The van der Waals surface area contributed by atoms with Crippen LogP contribution in [0, 0.1) is 17.8 Å². The molecule has 44 heavy (non-hydrogen) atoms. The summed E-state index contributed by atoms with van der Waals surface area (Å²) < 4.78 is 4.76. The molecule has 1 aromatic rings. The van der Waals surface area contributed by atoms with Crippen LogP contribution >= 0.6 is 11.8 Å². The molecule has 240 valence electrons. The predicted octanol–water partition coefficient (Wildman–Crippen LogP) is 2.66. The number of hydrogen-bond donors (Lipinski definition) is 1. The molecule has 0 saturated carbocycles. The third-order valence-electron chi connectivity index (χ3n) is 10.1. The number of rotatable bonds is 14. The van der Waals surface area contributed by atoms with E-state index in [-0.39, 0.29) is 35.5 Å². The molecule has 0 radical (unpaired) electrons. The zero-order chi connectivity index (χ0) is 31.4. The molecule has 3 unspecified atom stereocenters. The summed E-state index contributed by atoms with van der Waals surface area (Å²) in [5, 5.41) is 10.4. The summed E-state index contributed by atoms with van der Waals surface area (Å²) in [7, 11) is 0. The van der Waals surface area contributed by atoms with Crippen molar-refractivity contribution >= 4 is 29.5 Å². The van der Waals surface area contributed by atoms with Gasteiger partial charge in [0, 0.05) is 51.1 Å². The molecule has 7 atom stereocenters. The maximum absolute atomic E-state index is 14.8. The number of morpholine rings is 1. The number of ether oxygens (including phenoxy) is 1. The number of carbonyl (C=O) groups is 3. The molecule has 0 aliphatic carbocycles. The molecule has 0 aromatic heterocycles. The second kappa shape index (κ2) is 14.2. The van der Waals surface area contributed by atoms with E-state index in [4.69, 9.17) is 4.74 Å². The van der Waals surface area contributed by atoms with Crippen LogP contribution in [0.4, 0.5) is 0 Å². The monoisotopic (exact) mass is 624 g/mol. The van der Waals surface area contributed by atoms with Crippen molar-refractivity contribution in [2.75, 3.05) is 59.1 Å². The number of nitrogens with zero attached hydrogens (tertiary/aromatic N) is 4. The fourth-order valence-electron chi connectivity index (χ4n) is 7.94. The van der Waals surface area contributed by atoms with Gasteiger partial charge >= 0.3 is 0 Å². The van der Waals surface area contributed by atoms with E-state index in [0.717, 1.165) is 25.1 Å². The highest BCUT2D eigenvalue weighted by molar-refractivity contribution is 8.02. The first-order chi connectivity index (χ1) is 21.3. The first-order valence-corrected chi connectivity index (χ1v) is 16.9. The number of fused-ring (bicyclic) bond motifs is 1. The molecule has 9 nitrogen and oxygen atoms in total. The van der Waals surface area contributed by atoms with Gasteiger partial charge in [-0.2, -0.15) is 0 Å². The molecule has 4 fully saturated rings. The van der Waals surface area contributed by atoms with Crippen LogP contribution in [0.25, 0.3) is 0 Å². The van der Waals surface area contributed by atoms with Crippen LogP contribution in [0.5, 0.6) is 0 Å². The Balaban J connectivity index is 1.49. The highest BCUT2D eigenvalue weighted by Gasteiger charge is 2.76.